The fourth-order valence-corrected chi connectivity index (χ4v) is 3.46. The van der Waals surface area contributed by atoms with Crippen molar-refractivity contribution in [3.8, 4) is 0 Å². The number of nitrogens with two attached hydrogens (primary N) is 1. The van der Waals surface area contributed by atoms with E-state index in [1.54, 1.807) is 0 Å². The molecule has 1 amide bonds. The Labute approximate surface area is 177 Å². The number of hydrogen-bond donors (Lipinski definition) is 2. The number of unbranched alkanes of at least 4 members (excludes halogenated alkanes) is 1. The van der Waals surface area contributed by atoms with E-state index in [1.165, 1.54) is 5.56 Å². The van der Waals surface area contributed by atoms with Gasteiger partial charge in [0.25, 0.3) is 6.01 Å². The topological polar surface area (TPSA) is 90.4 Å². The van der Waals surface area contributed by atoms with Crippen molar-refractivity contribution >= 4 is 23.2 Å². The number of carbonyl (C=O) groups excluding carboxylic acids is 1. The van der Waals surface area contributed by atoms with Crippen LogP contribution in [0.5, 0.6) is 0 Å². The molecule has 30 heavy (non-hydrogen) atoms. The predicted molar refractivity (Wildman–Crippen MR) is 119 cm³/mol. The zero-order valence-corrected chi connectivity index (χ0v) is 18.0. The fourth-order valence-electron chi connectivity index (χ4n) is 3.46. The molecule has 0 bridgehead atoms. The van der Waals surface area contributed by atoms with Gasteiger partial charge in [-0.2, -0.15) is 4.98 Å². The van der Waals surface area contributed by atoms with Gasteiger partial charge in [0, 0.05) is 6.04 Å². The monoisotopic (exact) mass is 409 g/mol. The number of alkyl carbamates (subject to hydrolysis) is 1. The summed E-state index contributed by atoms with van der Waals surface area (Å²) in [5, 5.41) is 3.04. The highest BCUT2D eigenvalue weighted by molar-refractivity contribution is 5.75. The van der Waals surface area contributed by atoms with Crippen molar-refractivity contribution in [2.45, 2.75) is 64.5 Å². The first kappa shape index (κ1) is 21.7. The molecule has 0 radical (unpaired) electrons. The predicted octanol–water partition coefficient (Wildman–Crippen LogP) is 5.26. The molecule has 2 aromatic carbocycles. The molecular formula is C24H31N3O3. The fraction of sp³-hybridized carbons (Fsp3) is 0.417. The van der Waals surface area contributed by atoms with E-state index in [0.717, 1.165) is 36.8 Å². The molecule has 0 aliphatic carbocycles. The van der Waals surface area contributed by atoms with Gasteiger partial charge in [0.05, 0.1) is 0 Å². The molecule has 0 fully saturated rings. The summed E-state index contributed by atoms with van der Waals surface area (Å²) in [6.45, 7) is 5.59. The molecule has 3 rings (SSSR count). The third-order valence-corrected chi connectivity index (χ3v) is 4.78. The van der Waals surface area contributed by atoms with E-state index in [-0.39, 0.29) is 18.1 Å². The maximum Gasteiger partial charge on any atom is 0.407 e. The van der Waals surface area contributed by atoms with Crippen LogP contribution in [0.1, 0.15) is 51.2 Å². The average molecular weight is 410 g/mol. The summed E-state index contributed by atoms with van der Waals surface area (Å²) in [5.74, 6) is 0. The smallest absolute Gasteiger partial charge is 0.407 e. The van der Waals surface area contributed by atoms with Crippen LogP contribution < -0.4 is 11.1 Å². The molecule has 0 aliphatic rings. The number of ether oxygens (including phenoxy) is 1. The Morgan fingerprint density at radius 3 is 2.63 bits per heavy atom. The molecule has 0 aliphatic heterocycles. The summed E-state index contributed by atoms with van der Waals surface area (Å²) < 4.78 is 10.9. The van der Waals surface area contributed by atoms with Gasteiger partial charge in [0.1, 0.15) is 11.1 Å². The van der Waals surface area contributed by atoms with Crippen molar-refractivity contribution in [1.82, 2.24) is 10.3 Å². The van der Waals surface area contributed by atoms with Crippen molar-refractivity contribution in [2.24, 2.45) is 0 Å². The number of aryl methyl sites for hydroxylation is 1. The molecular weight excluding hydrogens is 378 g/mol. The maximum absolute atomic E-state index is 12.4. The zero-order chi connectivity index (χ0) is 21.6. The SMILES string of the molecule is CC(C)(C)OC(=O)NC(CCCCc1ccccc1)Cc1ccc2nc(N)oc2c1. The number of carbonyl (C=O) groups is 1. The van der Waals surface area contributed by atoms with Crippen LogP contribution in [0.2, 0.25) is 0 Å². The molecule has 1 aromatic heterocycles. The molecule has 1 heterocycles. The van der Waals surface area contributed by atoms with Crippen LogP contribution in [0, 0.1) is 0 Å². The molecule has 1 unspecified atom stereocenters. The van der Waals surface area contributed by atoms with Crippen molar-refractivity contribution < 1.29 is 13.9 Å². The van der Waals surface area contributed by atoms with Crippen LogP contribution in [0.25, 0.3) is 11.1 Å². The second-order valence-electron chi connectivity index (χ2n) is 8.63. The van der Waals surface area contributed by atoms with E-state index in [2.05, 4.69) is 34.6 Å². The second-order valence-corrected chi connectivity index (χ2v) is 8.63. The van der Waals surface area contributed by atoms with Crippen LogP contribution in [-0.4, -0.2) is 22.7 Å². The van der Waals surface area contributed by atoms with E-state index in [4.69, 9.17) is 14.9 Å². The van der Waals surface area contributed by atoms with Gasteiger partial charge in [-0.05, 0) is 69.7 Å². The Balaban J connectivity index is 1.62. The van der Waals surface area contributed by atoms with Crippen molar-refractivity contribution in [3.63, 3.8) is 0 Å². The summed E-state index contributed by atoms with van der Waals surface area (Å²) in [4.78, 5) is 16.5. The minimum absolute atomic E-state index is 0.0339. The first-order valence-electron chi connectivity index (χ1n) is 10.5. The number of nitrogens with zero attached hydrogens (tertiary/aromatic N) is 1. The van der Waals surface area contributed by atoms with Gasteiger partial charge in [-0.1, -0.05) is 42.8 Å². The largest absolute Gasteiger partial charge is 0.444 e. The first-order chi connectivity index (χ1) is 14.3. The number of nitrogens with one attached hydrogen (secondary N) is 1. The lowest BCUT2D eigenvalue weighted by atomic mass is 9.99. The summed E-state index contributed by atoms with van der Waals surface area (Å²) in [6, 6.07) is 16.4. The van der Waals surface area contributed by atoms with E-state index >= 15 is 0 Å². The Morgan fingerprint density at radius 1 is 1.13 bits per heavy atom. The quantitative estimate of drug-likeness (QED) is 0.495. The Morgan fingerprint density at radius 2 is 1.90 bits per heavy atom. The standard InChI is InChI=1S/C24H31N3O3/c1-24(2,3)30-23(28)26-19(12-8-7-11-17-9-5-4-6-10-17)15-18-13-14-20-21(16-18)29-22(25)27-20/h4-6,9-10,13-14,16,19H,7-8,11-12,15H2,1-3H3,(H2,25,27)(H,26,28). The number of oxazole rings is 1. The molecule has 0 saturated heterocycles. The molecule has 160 valence electrons. The van der Waals surface area contributed by atoms with Crippen molar-refractivity contribution in [1.29, 1.82) is 0 Å². The number of anilines is 1. The lowest BCUT2D eigenvalue weighted by Crippen LogP contribution is -2.40. The van der Waals surface area contributed by atoms with Gasteiger partial charge >= 0.3 is 6.09 Å². The summed E-state index contributed by atoms with van der Waals surface area (Å²) >= 11 is 0. The second kappa shape index (κ2) is 9.65. The number of amides is 1. The number of fused-ring (bicyclic) bond motifs is 1. The zero-order valence-electron chi connectivity index (χ0n) is 18.0. The van der Waals surface area contributed by atoms with Crippen LogP contribution in [0.3, 0.4) is 0 Å². The Hall–Kier alpha value is -3.02. The van der Waals surface area contributed by atoms with Crippen LogP contribution in [-0.2, 0) is 17.6 Å². The van der Waals surface area contributed by atoms with Gasteiger partial charge in [-0.15, -0.1) is 0 Å². The average Bonchev–Trinajstić information content (AvgIpc) is 3.03. The number of nitrogen functional groups attached to an aromatic ring is 1. The van der Waals surface area contributed by atoms with E-state index in [9.17, 15) is 4.79 Å². The highest BCUT2D eigenvalue weighted by atomic mass is 16.6. The van der Waals surface area contributed by atoms with Gasteiger partial charge < -0.3 is 20.2 Å². The third-order valence-electron chi connectivity index (χ3n) is 4.78. The minimum Gasteiger partial charge on any atom is -0.444 e. The number of rotatable bonds is 8. The normalized spacial score (nSPS) is 12.6. The highest BCUT2D eigenvalue weighted by Crippen LogP contribution is 2.20. The summed E-state index contributed by atoms with van der Waals surface area (Å²) in [6.07, 6.45) is 4.26. The minimum atomic E-state index is -0.530. The molecule has 6 heteroatoms. The van der Waals surface area contributed by atoms with Crippen molar-refractivity contribution in [2.75, 3.05) is 5.73 Å². The van der Waals surface area contributed by atoms with Gasteiger partial charge in [0.15, 0.2) is 5.58 Å². The van der Waals surface area contributed by atoms with E-state index < -0.39 is 5.60 Å². The van der Waals surface area contributed by atoms with Crippen molar-refractivity contribution in [3.05, 3.63) is 59.7 Å². The highest BCUT2D eigenvalue weighted by Gasteiger charge is 2.20. The van der Waals surface area contributed by atoms with E-state index in [0.29, 0.717) is 12.0 Å². The van der Waals surface area contributed by atoms with Crippen LogP contribution in [0.4, 0.5) is 10.8 Å². The van der Waals surface area contributed by atoms with Crippen LogP contribution >= 0.6 is 0 Å². The lowest BCUT2D eigenvalue weighted by molar-refractivity contribution is 0.0501. The third kappa shape index (κ3) is 6.79. The Bertz CT molecular complexity index is 961. The summed E-state index contributed by atoms with van der Waals surface area (Å²) in [5.41, 5.74) is 8.90. The number of benzene rings is 2. The van der Waals surface area contributed by atoms with Gasteiger partial charge in [-0.25, -0.2) is 4.79 Å². The maximum atomic E-state index is 12.4. The van der Waals surface area contributed by atoms with E-state index in [1.807, 2.05) is 45.0 Å². The molecule has 3 aromatic rings. The molecule has 1 atom stereocenters. The summed E-state index contributed by atoms with van der Waals surface area (Å²) in [7, 11) is 0. The number of aromatic nitrogens is 1. The lowest BCUT2D eigenvalue weighted by Gasteiger charge is -2.24. The first-order valence-corrected chi connectivity index (χ1v) is 10.5. The Kier molecular flexibility index (Phi) is 6.98. The van der Waals surface area contributed by atoms with Crippen LogP contribution in [0.15, 0.2) is 52.9 Å². The molecule has 6 nitrogen and oxygen atoms in total. The number of hydrogen-bond acceptors (Lipinski definition) is 5. The molecule has 3 N–H and O–H groups in total. The van der Waals surface area contributed by atoms with Gasteiger partial charge in [-0.3, -0.25) is 0 Å². The molecule has 0 spiro atoms. The molecule has 0 saturated carbocycles. The van der Waals surface area contributed by atoms with Gasteiger partial charge in [0.2, 0.25) is 0 Å².